The van der Waals surface area contributed by atoms with E-state index in [1.165, 1.54) is 0 Å². The topological polar surface area (TPSA) is 21.3 Å². The monoisotopic (exact) mass is 141 g/mol. The molecule has 2 heteroatoms. The molecule has 0 aromatic rings. The second kappa shape index (κ2) is 6.20. The summed E-state index contributed by atoms with van der Waals surface area (Å²) < 4.78 is 4.93. The standard InChI is InChI=1S/C6H9NO.C2H6/c1-8-6-2-4-7-5-3-6;1-2/h2-4,7H,5H2,1H3;1-2H3. The zero-order valence-corrected chi connectivity index (χ0v) is 6.85. The second-order valence-electron chi connectivity index (χ2n) is 1.55. The lowest BCUT2D eigenvalue weighted by molar-refractivity contribution is 0.304. The van der Waals surface area contributed by atoms with Gasteiger partial charge in [-0.25, -0.2) is 0 Å². The van der Waals surface area contributed by atoms with Crippen molar-refractivity contribution in [1.29, 1.82) is 0 Å². The Morgan fingerprint density at radius 3 is 2.50 bits per heavy atom. The molecule has 0 atom stereocenters. The maximum absolute atomic E-state index is 4.93. The molecular weight excluding hydrogens is 126 g/mol. The summed E-state index contributed by atoms with van der Waals surface area (Å²) in [6.45, 7) is 4.87. The van der Waals surface area contributed by atoms with E-state index in [0.717, 1.165) is 12.3 Å². The number of hydrogen-bond acceptors (Lipinski definition) is 2. The Morgan fingerprint density at radius 1 is 1.50 bits per heavy atom. The van der Waals surface area contributed by atoms with Gasteiger partial charge < -0.3 is 10.1 Å². The van der Waals surface area contributed by atoms with Gasteiger partial charge in [0.05, 0.1) is 7.11 Å². The lowest BCUT2D eigenvalue weighted by Crippen LogP contribution is -2.08. The summed E-state index contributed by atoms with van der Waals surface area (Å²) in [6, 6.07) is 0. The molecule has 0 bridgehead atoms. The average Bonchev–Trinajstić information content (AvgIpc) is 2.10. The zero-order valence-electron chi connectivity index (χ0n) is 6.85. The van der Waals surface area contributed by atoms with Crippen LogP contribution in [0.2, 0.25) is 0 Å². The van der Waals surface area contributed by atoms with Gasteiger partial charge in [0.25, 0.3) is 0 Å². The Balaban J connectivity index is 0.000000371. The summed E-state index contributed by atoms with van der Waals surface area (Å²) in [7, 11) is 1.67. The van der Waals surface area contributed by atoms with E-state index in [1.54, 1.807) is 7.11 Å². The number of methoxy groups -OCH3 is 1. The number of dihydropyridines is 1. The smallest absolute Gasteiger partial charge is 0.118 e. The first-order valence-electron chi connectivity index (χ1n) is 3.57. The molecule has 0 saturated heterocycles. The minimum atomic E-state index is 0.875. The van der Waals surface area contributed by atoms with E-state index in [0.29, 0.717) is 0 Å². The molecule has 0 spiro atoms. The van der Waals surface area contributed by atoms with Crippen molar-refractivity contribution in [3.05, 3.63) is 24.1 Å². The van der Waals surface area contributed by atoms with Crippen LogP contribution in [0.4, 0.5) is 0 Å². The van der Waals surface area contributed by atoms with E-state index < -0.39 is 0 Å². The van der Waals surface area contributed by atoms with Gasteiger partial charge in [-0.15, -0.1) is 0 Å². The molecule has 0 radical (unpaired) electrons. The molecule has 0 saturated carbocycles. The highest BCUT2D eigenvalue weighted by Crippen LogP contribution is 1.98. The maximum atomic E-state index is 4.93. The van der Waals surface area contributed by atoms with E-state index in [4.69, 9.17) is 4.74 Å². The predicted molar refractivity (Wildman–Crippen MR) is 43.6 cm³/mol. The number of hydrogen-bond donors (Lipinski definition) is 1. The molecule has 0 aliphatic carbocycles. The highest BCUT2D eigenvalue weighted by atomic mass is 16.5. The predicted octanol–water partition coefficient (Wildman–Crippen LogP) is 1.66. The summed E-state index contributed by atoms with van der Waals surface area (Å²) in [6.07, 6.45) is 5.75. The third-order valence-corrected chi connectivity index (χ3v) is 1.02. The summed E-state index contributed by atoms with van der Waals surface area (Å²) in [5, 5.41) is 3.01. The van der Waals surface area contributed by atoms with Crippen LogP contribution in [0.5, 0.6) is 0 Å². The van der Waals surface area contributed by atoms with Crippen LogP contribution in [-0.4, -0.2) is 13.7 Å². The van der Waals surface area contributed by atoms with Crippen LogP contribution < -0.4 is 5.32 Å². The average molecular weight is 141 g/mol. The van der Waals surface area contributed by atoms with E-state index in [2.05, 4.69) is 5.32 Å². The molecule has 1 N–H and O–H groups in total. The van der Waals surface area contributed by atoms with Crippen LogP contribution in [0.15, 0.2) is 24.1 Å². The van der Waals surface area contributed by atoms with E-state index >= 15 is 0 Å². The van der Waals surface area contributed by atoms with Gasteiger partial charge >= 0.3 is 0 Å². The van der Waals surface area contributed by atoms with Crippen LogP contribution in [0, 0.1) is 0 Å². The van der Waals surface area contributed by atoms with Crippen LogP contribution >= 0.6 is 0 Å². The van der Waals surface area contributed by atoms with E-state index in [1.807, 2.05) is 32.2 Å². The molecule has 10 heavy (non-hydrogen) atoms. The molecule has 0 aromatic heterocycles. The highest BCUT2D eigenvalue weighted by Gasteiger charge is 1.90. The molecule has 1 aliphatic heterocycles. The van der Waals surface area contributed by atoms with Gasteiger partial charge in [0.2, 0.25) is 0 Å². The van der Waals surface area contributed by atoms with Gasteiger partial charge in [-0.3, -0.25) is 0 Å². The summed E-state index contributed by atoms with van der Waals surface area (Å²) in [4.78, 5) is 0. The van der Waals surface area contributed by atoms with E-state index in [-0.39, 0.29) is 0 Å². The zero-order chi connectivity index (χ0) is 7.82. The first kappa shape index (κ1) is 9.08. The van der Waals surface area contributed by atoms with Crippen LogP contribution in [0.3, 0.4) is 0 Å². The molecule has 1 aliphatic rings. The number of ether oxygens (including phenoxy) is 1. The third kappa shape index (κ3) is 3.17. The van der Waals surface area contributed by atoms with Gasteiger partial charge in [0.15, 0.2) is 0 Å². The summed E-state index contributed by atoms with van der Waals surface area (Å²) in [5.74, 6) is 0.934. The molecule has 58 valence electrons. The Labute approximate surface area is 62.6 Å². The van der Waals surface area contributed by atoms with Gasteiger partial charge in [-0.2, -0.15) is 0 Å². The van der Waals surface area contributed by atoms with Gasteiger partial charge in [-0.05, 0) is 12.2 Å². The van der Waals surface area contributed by atoms with Gasteiger partial charge in [-0.1, -0.05) is 13.8 Å². The van der Waals surface area contributed by atoms with Crippen molar-refractivity contribution < 1.29 is 4.74 Å². The lowest BCUT2D eigenvalue weighted by atomic mass is 10.4. The Kier molecular flexibility index (Phi) is 5.63. The van der Waals surface area contributed by atoms with Crippen molar-refractivity contribution in [3.63, 3.8) is 0 Å². The fraction of sp³-hybridized carbons (Fsp3) is 0.500. The first-order chi connectivity index (χ1) is 4.93. The summed E-state index contributed by atoms with van der Waals surface area (Å²) >= 11 is 0. The largest absolute Gasteiger partial charge is 0.497 e. The van der Waals surface area contributed by atoms with Crippen molar-refractivity contribution in [2.24, 2.45) is 0 Å². The molecule has 0 aromatic carbocycles. The Hall–Kier alpha value is -0.920. The highest BCUT2D eigenvalue weighted by molar-refractivity contribution is 5.15. The molecule has 0 fully saturated rings. The molecule has 2 nitrogen and oxygen atoms in total. The fourth-order valence-electron chi connectivity index (χ4n) is 0.588. The quantitative estimate of drug-likeness (QED) is 0.599. The molecule has 0 unspecified atom stereocenters. The minimum absolute atomic E-state index is 0.875. The van der Waals surface area contributed by atoms with Crippen LogP contribution in [-0.2, 0) is 4.74 Å². The van der Waals surface area contributed by atoms with Gasteiger partial charge in [0.1, 0.15) is 5.76 Å². The van der Waals surface area contributed by atoms with Crippen LogP contribution in [0.25, 0.3) is 0 Å². The molecule has 0 amide bonds. The van der Waals surface area contributed by atoms with Crippen molar-refractivity contribution in [2.45, 2.75) is 13.8 Å². The Morgan fingerprint density at radius 2 is 2.20 bits per heavy atom. The maximum Gasteiger partial charge on any atom is 0.118 e. The number of nitrogens with one attached hydrogen (secondary N) is 1. The number of rotatable bonds is 1. The van der Waals surface area contributed by atoms with E-state index in [9.17, 15) is 0 Å². The van der Waals surface area contributed by atoms with Crippen molar-refractivity contribution >= 4 is 0 Å². The van der Waals surface area contributed by atoms with Crippen molar-refractivity contribution in [3.8, 4) is 0 Å². The van der Waals surface area contributed by atoms with Crippen molar-refractivity contribution in [2.75, 3.05) is 13.7 Å². The molecule has 1 heterocycles. The minimum Gasteiger partial charge on any atom is -0.497 e. The molecular formula is C8H15NO. The third-order valence-electron chi connectivity index (χ3n) is 1.02. The molecule has 1 rings (SSSR count). The second-order valence-corrected chi connectivity index (χ2v) is 1.55. The fourth-order valence-corrected chi connectivity index (χ4v) is 0.588. The van der Waals surface area contributed by atoms with Crippen LogP contribution in [0.1, 0.15) is 13.8 Å². The Bertz CT molecular complexity index is 127. The SMILES string of the molecule is CC.COC1=CCNC=C1. The normalized spacial score (nSPS) is 14.1. The number of allylic oxidation sites excluding steroid dienone is 1. The van der Waals surface area contributed by atoms with Gasteiger partial charge in [0, 0.05) is 12.7 Å². The first-order valence-corrected chi connectivity index (χ1v) is 3.57. The lowest BCUT2D eigenvalue weighted by Gasteiger charge is -2.05. The van der Waals surface area contributed by atoms with Crippen molar-refractivity contribution in [1.82, 2.24) is 5.32 Å². The summed E-state index contributed by atoms with van der Waals surface area (Å²) in [5.41, 5.74) is 0.